The van der Waals surface area contributed by atoms with Crippen molar-refractivity contribution in [2.45, 2.75) is 45.3 Å². The number of hydrogen-bond acceptors (Lipinski definition) is 3. The largest absolute Gasteiger partial charge is 0.508 e. The minimum absolute atomic E-state index is 0.00347. The quantitative estimate of drug-likeness (QED) is 0.888. The van der Waals surface area contributed by atoms with E-state index in [9.17, 15) is 9.90 Å². The van der Waals surface area contributed by atoms with Gasteiger partial charge in [0.1, 0.15) is 17.6 Å². The molecule has 2 aromatic carbocycles. The van der Waals surface area contributed by atoms with Gasteiger partial charge in [0.25, 0.3) is 0 Å². The molecule has 0 bridgehead atoms. The summed E-state index contributed by atoms with van der Waals surface area (Å²) in [6.45, 7) is 3.50. The van der Waals surface area contributed by atoms with Crippen LogP contribution < -0.4 is 10.1 Å². The fourth-order valence-electron chi connectivity index (χ4n) is 3.10. The van der Waals surface area contributed by atoms with Crippen LogP contribution in [0.1, 0.15) is 30.5 Å². The molecule has 2 atom stereocenters. The zero-order valence-corrected chi connectivity index (χ0v) is 14.1. The third kappa shape index (κ3) is 3.88. The normalized spacial score (nSPS) is 17.0. The number of aryl methyl sites for hydroxylation is 2. The van der Waals surface area contributed by atoms with E-state index in [2.05, 4.69) is 23.5 Å². The Balaban J connectivity index is 1.62. The summed E-state index contributed by atoms with van der Waals surface area (Å²) in [6, 6.07) is 13.7. The molecule has 0 aromatic heterocycles. The van der Waals surface area contributed by atoms with Gasteiger partial charge >= 0.3 is 0 Å². The average Bonchev–Trinajstić information content (AvgIpc) is 2.97. The third-order valence-corrected chi connectivity index (χ3v) is 4.46. The molecule has 3 rings (SSSR count). The van der Waals surface area contributed by atoms with Gasteiger partial charge in [0.2, 0.25) is 5.91 Å². The van der Waals surface area contributed by atoms with Crippen LogP contribution in [0.5, 0.6) is 11.5 Å². The van der Waals surface area contributed by atoms with Crippen LogP contribution >= 0.6 is 0 Å². The maximum atomic E-state index is 11.2. The summed E-state index contributed by atoms with van der Waals surface area (Å²) in [5.41, 5.74) is 3.63. The van der Waals surface area contributed by atoms with E-state index in [1.165, 1.54) is 23.6 Å². The SMILES string of the molecule is CC(=O)N[C@@H](C)[C@@H]1Cc2ccc(CCc3ccc(O)cc3)cc2O1. The van der Waals surface area contributed by atoms with Crippen molar-refractivity contribution in [1.29, 1.82) is 0 Å². The number of hydrogen-bond donors (Lipinski definition) is 2. The molecule has 1 heterocycles. The van der Waals surface area contributed by atoms with Gasteiger partial charge in [-0.05, 0) is 54.7 Å². The van der Waals surface area contributed by atoms with Crippen LogP contribution in [0.25, 0.3) is 0 Å². The van der Waals surface area contributed by atoms with E-state index in [-0.39, 0.29) is 18.1 Å². The summed E-state index contributed by atoms with van der Waals surface area (Å²) in [6.07, 6.45) is 2.67. The summed E-state index contributed by atoms with van der Waals surface area (Å²) < 4.78 is 6.03. The second-order valence-corrected chi connectivity index (χ2v) is 6.46. The van der Waals surface area contributed by atoms with Crippen molar-refractivity contribution in [3.05, 3.63) is 59.2 Å². The van der Waals surface area contributed by atoms with Crippen LogP contribution in [0.3, 0.4) is 0 Å². The number of rotatable bonds is 5. The van der Waals surface area contributed by atoms with E-state index in [0.717, 1.165) is 25.0 Å². The molecule has 0 saturated heterocycles. The fourth-order valence-corrected chi connectivity index (χ4v) is 3.10. The zero-order valence-electron chi connectivity index (χ0n) is 14.1. The molecule has 0 spiro atoms. The van der Waals surface area contributed by atoms with Gasteiger partial charge in [0, 0.05) is 13.3 Å². The number of phenols is 1. The fraction of sp³-hybridized carbons (Fsp3) is 0.350. The van der Waals surface area contributed by atoms with Gasteiger partial charge in [0.05, 0.1) is 6.04 Å². The molecule has 4 nitrogen and oxygen atoms in total. The molecular weight excluding hydrogens is 302 g/mol. The lowest BCUT2D eigenvalue weighted by Gasteiger charge is -2.19. The van der Waals surface area contributed by atoms with Crippen molar-refractivity contribution >= 4 is 5.91 Å². The highest BCUT2D eigenvalue weighted by Gasteiger charge is 2.28. The lowest BCUT2D eigenvalue weighted by Crippen LogP contribution is -2.42. The van der Waals surface area contributed by atoms with Gasteiger partial charge in [-0.3, -0.25) is 4.79 Å². The predicted octanol–water partition coefficient (Wildman–Crippen LogP) is 3.01. The Morgan fingerprint density at radius 2 is 1.88 bits per heavy atom. The first kappa shape index (κ1) is 16.4. The highest BCUT2D eigenvalue weighted by molar-refractivity contribution is 5.73. The molecule has 0 saturated carbocycles. The highest BCUT2D eigenvalue weighted by atomic mass is 16.5. The molecule has 1 amide bonds. The van der Waals surface area contributed by atoms with Gasteiger partial charge in [-0.2, -0.15) is 0 Å². The van der Waals surface area contributed by atoms with E-state index in [1.807, 2.05) is 19.1 Å². The van der Waals surface area contributed by atoms with Crippen molar-refractivity contribution in [1.82, 2.24) is 5.32 Å². The second-order valence-electron chi connectivity index (χ2n) is 6.46. The average molecular weight is 325 g/mol. The van der Waals surface area contributed by atoms with Gasteiger partial charge in [-0.25, -0.2) is 0 Å². The van der Waals surface area contributed by atoms with Crippen LogP contribution in [0.15, 0.2) is 42.5 Å². The van der Waals surface area contributed by atoms with E-state index in [0.29, 0.717) is 5.75 Å². The Morgan fingerprint density at radius 3 is 2.58 bits per heavy atom. The van der Waals surface area contributed by atoms with Gasteiger partial charge in [-0.15, -0.1) is 0 Å². The summed E-state index contributed by atoms with van der Waals surface area (Å²) in [4.78, 5) is 11.2. The second kappa shape index (κ2) is 6.95. The van der Waals surface area contributed by atoms with E-state index in [1.54, 1.807) is 12.1 Å². The number of aromatic hydroxyl groups is 1. The Kier molecular flexibility index (Phi) is 4.74. The van der Waals surface area contributed by atoms with Gasteiger partial charge in [0.15, 0.2) is 0 Å². The minimum atomic E-state index is -0.0309. The number of carbonyl (C=O) groups excluding carboxylic acids is 1. The van der Waals surface area contributed by atoms with Gasteiger partial charge in [-0.1, -0.05) is 24.3 Å². The molecule has 2 N–H and O–H groups in total. The lowest BCUT2D eigenvalue weighted by atomic mass is 10.0. The van der Waals surface area contributed by atoms with Crippen LogP contribution in [0.2, 0.25) is 0 Å². The molecule has 1 aliphatic rings. The number of benzene rings is 2. The maximum absolute atomic E-state index is 11.2. The van der Waals surface area contributed by atoms with E-state index >= 15 is 0 Å². The Labute approximate surface area is 142 Å². The van der Waals surface area contributed by atoms with Crippen molar-refractivity contribution in [3.63, 3.8) is 0 Å². The molecule has 1 aliphatic heterocycles. The Hall–Kier alpha value is -2.49. The number of fused-ring (bicyclic) bond motifs is 1. The predicted molar refractivity (Wildman–Crippen MR) is 93.4 cm³/mol. The van der Waals surface area contributed by atoms with Crippen molar-refractivity contribution < 1.29 is 14.6 Å². The van der Waals surface area contributed by atoms with E-state index < -0.39 is 0 Å². The topological polar surface area (TPSA) is 58.6 Å². The molecule has 0 aliphatic carbocycles. The summed E-state index contributed by atoms with van der Waals surface area (Å²) in [5, 5.41) is 12.2. The van der Waals surface area contributed by atoms with Crippen LogP contribution in [-0.2, 0) is 24.1 Å². The number of nitrogens with one attached hydrogen (secondary N) is 1. The zero-order chi connectivity index (χ0) is 17.1. The minimum Gasteiger partial charge on any atom is -0.508 e. The molecule has 0 radical (unpaired) electrons. The first-order valence-corrected chi connectivity index (χ1v) is 8.35. The van der Waals surface area contributed by atoms with Crippen LogP contribution in [0, 0.1) is 0 Å². The van der Waals surface area contributed by atoms with Crippen LogP contribution in [-0.4, -0.2) is 23.2 Å². The first-order valence-electron chi connectivity index (χ1n) is 8.35. The Morgan fingerprint density at radius 1 is 1.21 bits per heavy atom. The Bertz CT molecular complexity index is 724. The number of carbonyl (C=O) groups is 1. The standard InChI is InChI=1S/C20H23NO3/c1-13(21-14(2)22)19-12-17-8-5-16(11-20(17)24-19)4-3-15-6-9-18(23)10-7-15/h5-11,13,19,23H,3-4,12H2,1-2H3,(H,21,22)/t13-,19-/m0/s1. The summed E-state index contributed by atoms with van der Waals surface area (Å²) >= 11 is 0. The molecule has 2 aromatic rings. The number of ether oxygens (including phenoxy) is 1. The number of amides is 1. The molecule has 24 heavy (non-hydrogen) atoms. The van der Waals surface area contributed by atoms with Crippen LogP contribution in [0.4, 0.5) is 0 Å². The van der Waals surface area contributed by atoms with Crippen molar-refractivity contribution in [2.24, 2.45) is 0 Å². The van der Waals surface area contributed by atoms with E-state index in [4.69, 9.17) is 4.74 Å². The molecular formula is C20H23NO3. The smallest absolute Gasteiger partial charge is 0.217 e. The molecule has 126 valence electrons. The monoisotopic (exact) mass is 325 g/mol. The van der Waals surface area contributed by atoms with Gasteiger partial charge < -0.3 is 15.2 Å². The molecule has 0 fully saturated rings. The molecule has 0 unspecified atom stereocenters. The summed E-state index contributed by atoms with van der Waals surface area (Å²) in [5.74, 6) is 1.20. The molecule has 4 heteroatoms. The van der Waals surface area contributed by atoms with Crippen molar-refractivity contribution in [2.75, 3.05) is 0 Å². The maximum Gasteiger partial charge on any atom is 0.217 e. The highest BCUT2D eigenvalue weighted by Crippen LogP contribution is 2.31. The lowest BCUT2D eigenvalue weighted by molar-refractivity contribution is -0.120. The summed E-state index contributed by atoms with van der Waals surface area (Å²) in [7, 11) is 0. The van der Waals surface area contributed by atoms with Crippen molar-refractivity contribution in [3.8, 4) is 11.5 Å². The number of phenolic OH excluding ortho intramolecular Hbond substituents is 1. The first-order chi connectivity index (χ1) is 11.5. The third-order valence-electron chi connectivity index (χ3n) is 4.46.